The Labute approximate surface area is 128 Å². The fraction of sp³-hybridized carbons (Fsp3) is 0.200. The average Bonchev–Trinajstić information content (AvgIpc) is 2.40. The van der Waals surface area contributed by atoms with E-state index in [1.165, 1.54) is 24.3 Å². The molecule has 0 fully saturated rings. The van der Waals surface area contributed by atoms with E-state index in [9.17, 15) is 17.6 Å². The zero-order valence-corrected chi connectivity index (χ0v) is 12.6. The number of benzene rings is 2. The largest absolute Gasteiger partial charge is 0.418 e. The third-order valence-corrected chi connectivity index (χ3v) is 3.52. The lowest BCUT2D eigenvalue weighted by Gasteiger charge is -2.20. The summed E-state index contributed by atoms with van der Waals surface area (Å²) >= 11 is 3.04. The molecule has 2 aromatic rings. The highest BCUT2D eigenvalue weighted by Gasteiger charge is 2.34. The Balaban J connectivity index is 2.29. The number of rotatable bonds is 3. The van der Waals surface area contributed by atoms with Gasteiger partial charge in [0, 0.05) is 16.2 Å². The summed E-state index contributed by atoms with van der Waals surface area (Å²) in [6.45, 7) is 1.72. The lowest BCUT2D eigenvalue weighted by atomic mass is 10.1. The third-order valence-electron chi connectivity index (χ3n) is 3.03. The summed E-state index contributed by atoms with van der Waals surface area (Å²) in [4.78, 5) is 0. The minimum Gasteiger partial charge on any atom is -0.378 e. The smallest absolute Gasteiger partial charge is 0.378 e. The van der Waals surface area contributed by atoms with Gasteiger partial charge in [-0.2, -0.15) is 13.2 Å². The second kappa shape index (κ2) is 6.05. The van der Waals surface area contributed by atoms with E-state index in [4.69, 9.17) is 0 Å². The van der Waals surface area contributed by atoms with Crippen LogP contribution in [0.15, 0.2) is 46.9 Å². The molecule has 6 heteroatoms. The fourth-order valence-corrected chi connectivity index (χ4v) is 2.31. The standard InChI is InChI=1S/C15H12BrF4N/c1-9(10-2-5-12(17)6-3-10)21-14-7-4-11(16)8-13(14)15(18,19)20/h2-9,21H,1H3. The zero-order valence-electron chi connectivity index (χ0n) is 11.0. The van der Waals surface area contributed by atoms with Crippen molar-refractivity contribution in [3.63, 3.8) is 0 Å². The molecule has 0 saturated heterocycles. The van der Waals surface area contributed by atoms with Crippen molar-refractivity contribution in [2.24, 2.45) is 0 Å². The first-order valence-corrected chi connectivity index (χ1v) is 6.95. The van der Waals surface area contributed by atoms with Gasteiger partial charge in [-0.05, 0) is 42.8 Å². The van der Waals surface area contributed by atoms with Crippen molar-refractivity contribution in [1.82, 2.24) is 0 Å². The highest BCUT2D eigenvalue weighted by atomic mass is 79.9. The quantitative estimate of drug-likeness (QED) is 0.683. The number of nitrogens with one attached hydrogen (secondary N) is 1. The molecule has 0 heterocycles. The van der Waals surface area contributed by atoms with Crippen LogP contribution in [-0.4, -0.2) is 0 Å². The summed E-state index contributed by atoms with van der Waals surface area (Å²) in [7, 11) is 0. The van der Waals surface area contributed by atoms with Crippen LogP contribution in [0.1, 0.15) is 24.1 Å². The molecule has 112 valence electrons. The van der Waals surface area contributed by atoms with E-state index in [2.05, 4.69) is 21.2 Å². The molecule has 0 aromatic heterocycles. The molecule has 0 amide bonds. The molecule has 0 radical (unpaired) electrons. The first-order valence-electron chi connectivity index (χ1n) is 6.16. The predicted octanol–water partition coefficient (Wildman–Crippen LogP) is 5.78. The second-order valence-corrected chi connectivity index (χ2v) is 5.52. The SMILES string of the molecule is CC(Nc1ccc(Br)cc1C(F)(F)F)c1ccc(F)cc1. The molecule has 0 saturated carbocycles. The van der Waals surface area contributed by atoms with Crippen LogP contribution in [-0.2, 0) is 6.18 Å². The lowest BCUT2D eigenvalue weighted by molar-refractivity contribution is -0.137. The van der Waals surface area contributed by atoms with Gasteiger partial charge in [0.1, 0.15) is 5.82 Å². The fourth-order valence-electron chi connectivity index (χ4n) is 1.94. The molecule has 0 spiro atoms. The van der Waals surface area contributed by atoms with Gasteiger partial charge in [-0.3, -0.25) is 0 Å². The Morgan fingerprint density at radius 1 is 1.05 bits per heavy atom. The molecule has 1 atom stereocenters. The van der Waals surface area contributed by atoms with Gasteiger partial charge in [-0.1, -0.05) is 28.1 Å². The van der Waals surface area contributed by atoms with Crippen molar-refractivity contribution in [2.45, 2.75) is 19.1 Å². The Morgan fingerprint density at radius 3 is 2.24 bits per heavy atom. The molecule has 0 aliphatic rings. The summed E-state index contributed by atoms with van der Waals surface area (Å²) < 4.78 is 52.3. The van der Waals surface area contributed by atoms with Gasteiger partial charge >= 0.3 is 6.18 Å². The van der Waals surface area contributed by atoms with E-state index in [1.807, 2.05) is 0 Å². The number of anilines is 1. The van der Waals surface area contributed by atoms with E-state index in [-0.39, 0.29) is 17.5 Å². The molecule has 0 bridgehead atoms. The summed E-state index contributed by atoms with van der Waals surface area (Å²) in [6.07, 6.45) is -4.45. The molecule has 0 aliphatic heterocycles. The average molecular weight is 362 g/mol. The second-order valence-electron chi connectivity index (χ2n) is 4.61. The maximum atomic E-state index is 13.0. The Morgan fingerprint density at radius 2 is 1.67 bits per heavy atom. The third kappa shape index (κ3) is 3.97. The highest BCUT2D eigenvalue weighted by molar-refractivity contribution is 9.10. The molecular formula is C15H12BrF4N. The number of hydrogen-bond donors (Lipinski definition) is 1. The molecule has 21 heavy (non-hydrogen) atoms. The van der Waals surface area contributed by atoms with E-state index in [0.29, 0.717) is 10.0 Å². The van der Waals surface area contributed by atoms with Crippen molar-refractivity contribution < 1.29 is 17.6 Å². The van der Waals surface area contributed by atoms with Gasteiger partial charge in [0.25, 0.3) is 0 Å². The number of hydrogen-bond acceptors (Lipinski definition) is 1. The summed E-state index contributed by atoms with van der Waals surface area (Å²) in [5, 5.41) is 2.82. The van der Waals surface area contributed by atoms with Crippen LogP contribution in [0, 0.1) is 5.82 Å². The maximum Gasteiger partial charge on any atom is 0.418 e. The van der Waals surface area contributed by atoms with E-state index >= 15 is 0 Å². The van der Waals surface area contributed by atoms with Crippen LogP contribution in [0.4, 0.5) is 23.2 Å². The van der Waals surface area contributed by atoms with Gasteiger partial charge in [-0.25, -0.2) is 4.39 Å². The lowest BCUT2D eigenvalue weighted by Crippen LogP contribution is -2.13. The van der Waals surface area contributed by atoms with Gasteiger partial charge in [0.2, 0.25) is 0 Å². The van der Waals surface area contributed by atoms with Gasteiger partial charge in [-0.15, -0.1) is 0 Å². The van der Waals surface area contributed by atoms with E-state index < -0.39 is 11.7 Å². The van der Waals surface area contributed by atoms with Crippen molar-refractivity contribution in [3.05, 3.63) is 63.9 Å². The van der Waals surface area contributed by atoms with Crippen molar-refractivity contribution >= 4 is 21.6 Å². The van der Waals surface area contributed by atoms with Crippen LogP contribution in [0.2, 0.25) is 0 Å². The van der Waals surface area contributed by atoms with Crippen molar-refractivity contribution in [1.29, 1.82) is 0 Å². The van der Waals surface area contributed by atoms with Crippen molar-refractivity contribution in [3.8, 4) is 0 Å². The Bertz CT molecular complexity index is 623. The van der Waals surface area contributed by atoms with E-state index in [1.54, 1.807) is 19.1 Å². The molecule has 2 aromatic carbocycles. The van der Waals surface area contributed by atoms with Gasteiger partial charge in [0.05, 0.1) is 5.56 Å². The molecule has 0 aliphatic carbocycles. The normalized spacial score (nSPS) is 13.0. The van der Waals surface area contributed by atoms with Crippen LogP contribution in [0.25, 0.3) is 0 Å². The summed E-state index contributed by atoms with van der Waals surface area (Å²) in [5.41, 5.74) is -0.0548. The van der Waals surface area contributed by atoms with E-state index in [0.717, 1.165) is 6.07 Å². The summed E-state index contributed by atoms with van der Waals surface area (Å²) in [6, 6.07) is 9.19. The number of alkyl halides is 3. The Kier molecular flexibility index (Phi) is 4.56. The minimum absolute atomic E-state index is 0.0116. The first-order chi connectivity index (χ1) is 9.77. The minimum atomic E-state index is -4.45. The molecule has 1 unspecified atom stereocenters. The predicted molar refractivity (Wildman–Crippen MR) is 77.6 cm³/mol. The zero-order chi connectivity index (χ0) is 15.6. The Hall–Kier alpha value is -1.56. The maximum absolute atomic E-state index is 13.0. The van der Waals surface area contributed by atoms with Crippen LogP contribution < -0.4 is 5.32 Å². The molecule has 1 nitrogen and oxygen atoms in total. The van der Waals surface area contributed by atoms with Crippen LogP contribution in [0.5, 0.6) is 0 Å². The topological polar surface area (TPSA) is 12.0 Å². The first kappa shape index (κ1) is 15.8. The summed E-state index contributed by atoms with van der Waals surface area (Å²) in [5.74, 6) is -0.384. The monoisotopic (exact) mass is 361 g/mol. The van der Waals surface area contributed by atoms with Gasteiger partial charge in [0.15, 0.2) is 0 Å². The van der Waals surface area contributed by atoms with Crippen LogP contribution >= 0.6 is 15.9 Å². The molecule has 1 N–H and O–H groups in total. The molecule has 2 rings (SSSR count). The van der Waals surface area contributed by atoms with Crippen LogP contribution in [0.3, 0.4) is 0 Å². The molecular weight excluding hydrogens is 350 g/mol. The highest BCUT2D eigenvalue weighted by Crippen LogP contribution is 2.37. The number of halogens is 5. The van der Waals surface area contributed by atoms with Crippen molar-refractivity contribution in [2.75, 3.05) is 5.32 Å². The van der Waals surface area contributed by atoms with Gasteiger partial charge < -0.3 is 5.32 Å².